The van der Waals surface area contributed by atoms with Crippen LogP contribution in [0, 0.1) is 28.6 Å². The summed E-state index contributed by atoms with van der Waals surface area (Å²) in [7, 11) is -3.93. The first-order valence-electron chi connectivity index (χ1n) is 20.9. The number of unbranched alkanes of at least 4 members (excludes halogenated alkanes) is 3. The molecular weight excluding hydrogens is 645 g/mol. The third-order valence-corrected chi connectivity index (χ3v) is 24.1. The van der Waals surface area contributed by atoms with Crippen molar-refractivity contribution in [2.24, 2.45) is 28.6 Å². The van der Waals surface area contributed by atoms with E-state index in [1.54, 1.807) is 5.57 Å². The van der Waals surface area contributed by atoms with Crippen LogP contribution < -0.4 is 0 Å². The van der Waals surface area contributed by atoms with Gasteiger partial charge in [-0.2, -0.15) is 0 Å². The van der Waals surface area contributed by atoms with Crippen molar-refractivity contribution >= 4 is 16.6 Å². The summed E-state index contributed by atoms with van der Waals surface area (Å²) in [6, 6.07) is 0. The minimum absolute atomic E-state index is 0.0191. The van der Waals surface area contributed by atoms with Crippen molar-refractivity contribution < 1.29 is 14.0 Å². The normalized spacial score (nSPS) is 32.2. The fourth-order valence-electron chi connectivity index (χ4n) is 9.29. The maximum Gasteiger partial charge on any atom is 0.192 e. The van der Waals surface area contributed by atoms with Gasteiger partial charge >= 0.3 is 0 Å². The molecule has 0 heterocycles. The van der Waals surface area contributed by atoms with Gasteiger partial charge in [-0.1, -0.05) is 124 Å². The molecule has 0 radical (unpaired) electrons. The second-order valence-electron chi connectivity index (χ2n) is 20.7. The van der Waals surface area contributed by atoms with Crippen LogP contribution in [0.25, 0.3) is 0 Å². The van der Waals surface area contributed by atoms with Gasteiger partial charge in [0.25, 0.3) is 0 Å². The van der Waals surface area contributed by atoms with Crippen molar-refractivity contribution in [1.82, 2.24) is 0 Å². The maximum absolute atomic E-state index is 11.3. The molecule has 0 aromatic carbocycles. The van der Waals surface area contributed by atoms with Crippen LogP contribution in [0.4, 0.5) is 0 Å². The molecule has 0 saturated heterocycles. The van der Waals surface area contributed by atoms with Gasteiger partial charge in [-0.25, -0.2) is 0 Å². The Morgan fingerprint density at radius 1 is 0.900 bits per heavy atom. The van der Waals surface area contributed by atoms with Gasteiger partial charge in [0, 0.05) is 6.42 Å². The highest BCUT2D eigenvalue weighted by Crippen LogP contribution is 2.60. The SMILES string of the molecule is C=C1/C(=C\C=C2/CCC[C@]3(C)[C@@H]([C@H](C)/C=C/[C@H](O)C4(CCCCCC)CC4)CC[C@@H]23)C[C@@H](O[Si](C)(C)C(C)(C)C)C[C@@H]1O[Si](C)(C)C(C)(C)C. The second-order valence-corrected chi connectivity index (χ2v) is 30.2. The van der Waals surface area contributed by atoms with Crippen LogP contribution in [-0.2, 0) is 8.85 Å². The molecule has 1 N–H and O–H groups in total. The van der Waals surface area contributed by atoms with Crippen LogP contribution in [0.2, 0.25) is 36.3 Å². The molecule has 4 rings (SSSR count). The highest BCUT2D eigenvalue weighted by Gasteiger charge is 2.51. The fraction of sp³-hybridized carbons (Fsp3) is 0.822. The van der Waals surface area contributed by atoms with E-state index in [1.807, 2.05) is 0 Å². The predicted octanol–water partition coefficient (Wildman–Crippen LogP) is 13.5. The Morgan fingerprint density at radius 2 is 1.54 bits per heavy atom. The van der Waals surface area contributed by atoms with Gasteiger partial charge < -0.3 is 14.0 Å². The smallest absolute Gasteiger partial charge is 0.192 e. The van der Waals surface area contributed by atoms with Crippen molar-refractivity contribution in [2.45, 2.75) is 207 Å². The Hall–Kier alpha value is -0.726. The molecule has 5 heteroatoms. The van der Waals surface area contributed by atoms with Gasteiger partial charge in [-0.15, -0.1) is 0 Å². The maximum atomic E-state index is 11.3. The van der Waals surface area contributed by atoms with Crippen molar-refractivity contribution in [2.75, 3.05) is 0 Å². The average Bonchev–Trinajstić information content (AvgIpc) is 3.71. The minimum Gasteiger partial charge on any atom is -0.413 e. The van der Waals surface area contributed by atoms with Gasteiger partial charge in [0.2, 0.25) is 0 Å². The average molecular weight is 725 g/mol. The van der Waals surface area contributed by atoms with Crippen LogP contribution in [-0.4, -0.2) is 40.1 Å². The number of fused-ring (bicyclic) bond motifs is 1. The summed E-state index contributed by atoms with van der Waals surface area (Å²) in [5.41, 5.74) is 4.66. The van der Waals surface area contributed by atoms with Crippen LogP contribution in [0.1, 0.15) is 152 Å². The lowest BCUT2D eigenvalue weighted by molar-refractivity contribution is 0.0969. The van der Waals surface area contributed by atoms with Crippen molar-refractivity contribution in [3.8, 4) is 0 Å². The van der Waals surface area contributed by atoms with E-state index in [1.165, 1.54) is 88.2 Å². The molecule has 4 aliphatic rings. The quantitative estimate of drug-likeness (QED) is 0.110. The van der Waals surface area contributed by atoms with E-state index in [0.717, 1.165) is 12.8 Å². The van der Waals surface area contributed by atoms with Crippen LogP contribution >= 0.6 is 0 Å². The van der Waals surface area contributed by atoms with Crippen LogP contribution in [0.3, 0.4) is 0 Å². The number of allylic oxidation sites excluding steroid dienone is 4. The number of aliphatic hydroxyl groups excluding tert-OH is 1. The number of hydrogen-bond acceptors (Lipinski definition) is 3. The highest BCUT2D eigenvalue weighted by atomic mass is 28.4. The van der Waals surface area contributed by atoms with Crippen molar-refractivity contribution in [3.63, 3.8) is 0 Å². The lowest BCUT2D eigenvalue weighted by Crippen LogP contribution is -2.49. The monoisotopic (exact) mass is 725 g/mol. The van der Waals surface area contributed by atoms with Crippen LogP contribution in [0.5, 0.6) is 0 Å². The summed E-state index contributed by atoms with van der Waals surface area (Å²) in [5.74, 6) is 1.80. The molecule has 50 heavy (non-hydrogen) atoms. The molecule has 0 aromatic heterocycles. The van der Waals surface area contributed by atoms with E-state index in [0.29, 0.717) is 23.2 Å². The van der Waals surface area contributed by atoms with Gasteiger partial charge in [-0.3, -0.25) is 0 Å². The summed E-state index contributed by atoms with van der Waals surface area (Å²) in [4.78, 5) is 0. The summed E-state index contributed by atoms with van der Waals surface area (Å²) in [5, 5.41) is 11.6. The Labute approximate surface area is 312 Å². The zero-order valence-electron chi connectivity index (χ0n) is 35.1. The summed E-state index contributed by atoms with van der Waals surface area (Å²) < 4.78 is 14.2. The standard InChI is InChI=1S/C45H80O3Si2/c1-15-16-17-18-28-45(29-30-45)41(46)26-21-33(2)38-24-25-39-35(20-19-27-44(38,39)10)22-23-36-31-37(47-49(11,12)42(4,5)6)32-40(34(36)3)48-50(13,14)43(7,8)9/h21-23,26,33,37-41,46H,3,15-20,24-25,27-32H2,1-2,4-14H3/b26-21+,35-22+,36-23-/t33-,37-,38-,39+,40+,41+,44-/m1/s1. The third-order valence-electron chi connectivity index (χ3n) is 15.1. The first-order valence-corrected chi connectivity index (χ1v) is 26.7. The van der Waals surface area contributed by atoms with E-state index in [4.69, 9.17) is 15.4 Å². The van der Waals surface area contributed by atoms with Gasteiger partial charge in [0.15, 0.2) is 16.6 Å². The van der Waals surface area contributed by atoms with E-state index in [2.05, 4.69) is 113 Å². The Balaban J connectivity index is 1.51. The number of rotatable bonds is 14. The molecule has 0 unspecified atom stereocenters. The lowest BCUT2D eigenvalue weighted by Gasteiger charge is -2.45. The van der Waals surface area contributed by atoms with Crippen molar-refractivity contribution in [3.05, 3.63) is 47.6 Å². The topological polar surface area (TPSA) is 38.7 Å². The molecule has 3 nitrogen and oxygen atoms in total. The first-order chi connectivity index (χ1) is 23.1. The zero-order valence-corrected chi connectivity index (χ0v) is 37.1. The molecule has 286 valence electrons. The molecule has 4 saturated carbocycles. The largest absolute Gasteiger partial charge is 0.413 e. The summed E-state index contributed by atoms with van der Waals surface area (Å²) in [6.45, 7) is 35.6. The molecule has 0 bridgehead atoms. The van der Waals surface area contributed by atoms with Gasteiger partial charge in [0.05, 0.1) is 18.3 Å². The first kappa shape index (κ1) is 42.0. The van der Waals surface area contributed by atoms with E-state index in [9.17, 15) is 5.11 Å². The lowest BCUT2D eigenvalue weighted by atomic mass is 9.61. The fourth-order valence-corrected chi connectivity index (χ4v) is 12.0. The molecule has 4 aliphatic carbocycles. The summed E-state index contributed by atoms with van der Waals surface area (Å²) in [6.07, 6.45) is 26.5. The molecular formula is C45H80O3Si2. The molecule has 0 aromatic rings. The Bertz CT molecular complexity index is 1260. The molecule has 4 fully saturated rings. The van der Waals surface area contributed by atoms with Crippen LogP contribution in [0.15, 0.2) is 47.6 Å². The highest BCUT2D eigenvalue weighted by molar-refractivity contribution is 6.74. The van der Waals surface area contributed by atoms with E-state index in [-0.39, 0.29) is 33.8 Å². The van der Waals surface area contributed by atoms with Gasteiger partial charge in [-0.05, 0) is 134 Å². The zero-order chi connectivity index (χ0) is 37.3. The summed E-state index contributed by atoms with van der Waals surface area (Å²) >= 11 is 0. The van der Waals surface area contributed by atoms with E-state index >= 15 is 0 Å². The molecule has 0 aliphatic heterocycles. The third kappa shape index (κ3) is 9.49. The second kappa shape index (κ2) is 15.9. The van der Waals surface area contributed by atoms with E-state index < -0.39 is 16.6 Å². The Kier molecular flexibility index (Phi) is 13.4. The molecule has 0 spiro atoms. The molecule has 0 amide bonds. The predicted molar refractivity (Wildman–Crippen MR) is 222 cm³/mol. The number of hydrogen-bond donors (Lipinski definition) is 1. The number of aliphatic hydroxyl groups is 1. The minimum atomic E-state index is -1.99. The van der Waals surface area contributed by atoms with Crippen molar-refractivity contribution in [1.29, 1.82) is 0 Å². The Morgan fingerprint density at radius 3 is 2.14 bits per heavy atom. The van der Waals surface area contributed by atoms with Gasteiger partial charge in [0.1, 0.15) is 0 Å². The molecule has 7 atom stereocenters.